The summed E-state index contributed by atoms with van der Waals surface area (Å²) in [4.78, 5) is 15.7. The van der Waals surface area contributed by atoms with Crippen molar-refractivity contribution in [3.63, 3.8) is 0 Å². The van der Waals surface area contributed by atoms with Gasteiger partial charge >= 0.3 is 0 Å². The van der Waals surface area contributed by atoms with Crippen LogP contribution in [0.2, 0.25) is 0 Å². The Morgan fingerprint density at radius 1 is 1.47 bits per heavy atom. The standard InChI is InChI=1S/C13H19FN4O/c1-8-4-3-5-9(2)18(8)17-13(19)10-6-7-16-12(15)11(10)14/h6-9H,3-5H2,1-2H3,(H2,15,16)(H,17,19). The number of carbonyl (C=O) groups excluding carboxylic acids is 1. The third kappa shape index (κ3) is 2.84. The molecule has 5 nitrogen and oxygen atoms in total. The summed E-state index contributed by atoms with van der Waals surface area (Å²) in [6, 6.07) is 1.82. The highest BCUT2D eigenvalue weighted by atomic mass is 19.1. The first-order chi connectivity index (χ1) is 9.00. The lowest BCUT2D eigenvalue weighted by atomic mass is 10.00. The zero-order valence-electron chi connectivity index (χ0n) is 11.2. The Balaban J connectivity index is 2.14. The molecule has 1 aliphatic heterocycles. The lowest BCUT2D eigenvalue weighted by Crippen LogP contribution is -2.54. The fourth-order valence-electron chi connectivity index (χ4n) is 2.45. The van der Waals surface area contributed by atoms with Gasteiger partial charge in [0.1, 0.15) is 0 Å². The Morgan fingerprint density at radius 2 is 2.11 bits per heavy atom. The van der Waals surface area contributed by atoms with E-state index in [1.165, 1.54) is 12.3 Å². The predicted molar refractivity (Wildman–Crippen MR) is 70.7 cm³/mol. The van der Waals surface area contributed by atoms with Gasteiger partial charge in [0, 0.05) is 18.3 Å². The molecule has 0 bridgehead atoms. The van der Waals surface area contributed by atoms with Crippen LogP contribution in [0.15, 0.2) is 12.3 Å². The number of amides is 1. The van der Waals surface area contributed by atoms with Crippen LogP contribution >= 0.6 is 0 Å². The number of nitrogens with two attached hydrogens (primary N) is 1. The van der Waals surface area contributed by atoms with E-state index in [2.05, 4.69) is 10.4 Å². The molecule has 3 N–H and O–H groups in total. The van der Waals surface area contributed by atoms with Gasteiger partial charge in [0.2, 0.25) is 0 Å². The fourth-order valence-corrected chi connectivity index (χ4v) is 2.45. The first kappa shape index (κ1) is 13.7. The molecule has 2 rings (SSSR count). The van der Waals surface area contributed by atoms with Gasteiger partial charge in [-0.15, -0.1) is 0 Å². The van der Waals surface area contributed by atoms with E-state index < -0.39 is 11.7 Å². The van der Waals surface area contributed by atoms with Gasteiger partial charge in [-0.25, -0.2) is 14.4 Å². The van der Waals surface area contributed by atoms with Crippen molar-refractivity contribution in [3.05, 3.63) is 23.6 Å². The van der Waals surface area contributed by atoms with Gasteiger partial charge in [-0.2, -0.15) is 0 Å². The van der Waals surface area contributed by atoms with Crippen LogP contribution in [0.4, 0.5) is 10.2 Å². The number of rotatable bonds is 2. The predicted octanol–water partition coefficient (Wildman–Crippen LogP) is 1.71. The number of hydrogen-bond acceptors (Lipinski definition) is 4. The van der Waals surface area contributed by atoms with Crippen LogP contribution in [0.3, 0.4) is 0 Å². The summed E-state index contributed by atoms with van der Waals surface area (Å²) in [6.45, 7) is 4.10. The van der Waals surface area contributed by atoms with Crippen molar-refractivity contribution in [2.24, 2.45) is 0 Å². The number of carbonyl (C=O) groups is 1. The number of halogens is 1. The van der Waals surface area contributed by atoms with Crippen LogP contribution in [0, 0.1) is 5.82 Å². The quantitative estimate of drug-likeness (QED) is 0.855. The molecule has 0 saturated carbocycles. The van der Waals surface area contributed by atoms with Crippen molar-refractivity contribution >= 4 is 11.7 Å². The average molecular weight is 266 g/mol. The number of nitrogens with zero attached hydrogens (tertiary/aromatic N) is 2. The van der Waals surface area contributed by atoms with Gasteiger partial charge in [0.05, 0.1) is 5.56 Å². The molecule has 1 aromatic rings. The third-order valence-corrected chi connectivity index (χ3v) is 3.58. The van der Waals surface area contributed by atoms with Crippen molar-refractivity contribution in [2.75, 3.05) is 5.73 Å². The Kier molecular flexibility index (Phi) is 3.99. The Hall–Kier alpha value is -1.69. The van der Waals surface area contributed by atoms with E-state index in [0.717, 1.165) is 19.3 Å². The van der Waals surface area contributed by atoms with Gasteiger partial charge in [0.15, 0.2) is 11.6 Å². The number of pyridine rings is 1. The number of nitrogen functional groups attached to an aromatic ring is 1. The summed E-state index contributed by atoms with van der Waals surface area (Å²) in [5, 5.41) is 1.89. The maximum Gasteiger partial charge on any atom is 0.268 e. The smallest absolute Gasteiger partial charge is 0.268 e. The van der Waals surface area contributed by atoms with Crippen molar-refractivity contribution in [2.45, 2.75) is 45.2 Å². The summed E-state index contributed by atoms with van der Waals surface area (Å²) >= 11 is 0. The van der Waals surface area contributed by atoms with Crippen molar-refractivity contribution < 1.29 is 9.18 Å². The second-order valence-corrected chi connectivity index (χ2v) is 5.03. The van der Waals surface area contributed by atoms with Crippen LogP contribution < -0.4 is 11.2 Å². The molecular weight excluding hydrogens is 247 g/mol. The van der Waals surface area contributed by atoms with E-state index in [4.69, 9.17) is 5.73 Å². The molecule has 6 heteroatoms. The maximum atomic E-state index is 13.7. The number of hydrazine groups is 1. The van der Waals surface area contributed by atoms with Crippen molar-refractivity contribution in [1.29, 1.82) is 0 Å². The topological polar surface area (TPSA) is 71.2 Å². The van der Waals surface area contributed by atoms with Gasteiger partial charge in [0.25, 0.3) is 5.91 Å². The molecule has 2 unspecified atom stereocenters. The number of aromatic nitrogens is 1. The molecule has 0 aromatic carbocycles. The molecule has 104 valence electrons. The Labute approximate surface area is 112 Å². The molecule has 0 spiro atoms. The van der Waals surface area contributed by atoms with E-state index in [0.29, 0.717) is 0 Å². The summed E-state index contributed by atoms with van der Waals surface area (Å²) in [7, 11) is 0. The molecule has 1 saturated heterocycles. The van der Waals surface area contributed by atoms with E-state index in [1.54, 1.807) is 0 Å². The molecule has 0 aliphatic carbocycles. The van der Waals surface area contributed by atoms with Crippen molar-refractivity contribution in [1.82, 2.24) is 15.4 Å². The summed E-state index contributed by atoms with van der Waals surface area (Å²) in [6.07, 6.45) is 4.51. The SMILES string of the molecule is CC1CCCC(C)N1NC(=O)c1ccnc(N)c1F. The molecular formula is C13H19FN4O. The summed E-state index contributed by atoms with van der Waals surface area (Å²) in [5.74, 6) is -1.50. The lowest BCUT2D eigenvalue weighted by molar-refractivity contribution is 0.0367. The minimum Gasteiger partial charge on any atom is -0.381 e. The Bertz CT molecular complexity index is 470. The lowest BCUT2D eigenvalue weighted by Gasteiger charge is -2.38. The first-order valence-electron chi connectivity index (χ1n) is 6.50. The van der Waals surface area contributed by atoms with Crippen LogP contribution in [-0.2, 0) is 0 Å². The molecule has 1 aliphatic rings. The second kappa shape index (κ2) is 5.52. The zero-order chi connectivity index (χ0) is 14.0. The Morgan fingerprint density at radius 3 is 2.74 bits per heavy atom. The highest BCUT2D eigenvalue weighted by Gasteiger charge is 2.27. The number of nitrogens with one attached hydrogen (secondary N) is 1. The third-order valence-electron chi connectivity index (χ3n) is 3.58. The normalized spacial score (nSPS) is 24.2. The van der Waals surface area contributed by atoms with Gasteiger partial charge in [-0.05, 0) is 32.8 Å². The number of hydrogen-bond donors (Lipinski definition) is 2. The van der Waals surface area contributed by atoms with Crippen LogP contribution in [0.1, 0.15) is 43.5 Å². The monoisotopic (exact) mass is 266 g/mol. The van der Waals surface area contributed by atoms with E-state index >= 15 is 0 Å². The number of piperidine rings is 1. The highest BCUT2D eigenvalue weighted by molar-refractivity contribution is 5.94. The highest BCUT2D eigenvalue weighted by Crippen LogP contribution is 2.21. The molecule has 0 radical (unpaired) electrons. The van der Waals surface area contributed by atoms with Crippen LogP contribution in [-0.4, -0.2) is 28.0 Å². The summed E-state index contributed by atoms with van der Waals surface area (Å²) in [5.41, 5.74) is 8.07. The van der Waals surface area contributed by atoms with E-state index in [9.17, 15) is 9.18 Å². The molecule has 1 aromatic heterocycles. The number of anilines is 1. The first-order valence-corrected chi connectivity index (χ1v) is 6.50. The van der Waals surface area contributed by atoms with Crippen LogP contribution in [0.5, 0.6) is 0 Å². The minimum atomic E-state index is -0.766. The van der Waals surface area contributed by atoms with Crippen molar-refractivity contribution in [3.8, 4) is 0 Å². The second-order valence-electron chi connectivity index (χ2n) is 5.03. The summed E-state index contributed by atoms with van der Waals surface area (Å²) < 4.78 is 13.7. The molecule has 2 heterocycles. The van der Waals surface area contributed by atoms with Gasteiger partial charge in [-0.3, -0.25) is 10.2 Å². The van der Waals surface area contributed by atoms with Gasteiger partial charge < -0.3 is 5.73 Å². The van der Waals surface area contributed by atoms with Gasteiger partial charge in [-0.1, -0.05) is 6.42 Å². The zero-order valence-corrected chi connectivity index (χ0v) is 11.2. The maximum absolute atomic E-state index is 13.7. The van der Waals surface area contributed by atoms with E-state index in [-0.39, 0.29) is 23.5 Å². The molecule has 1 amide bonds. The fraction of sp³-hybridized carbons (Fsp3) is 0.538. The largest absolute Gasteiger partial charge is 0.381 e. The molecule has 2 atom stereocenters. The van der Waals surface area contributed by atoms with E-state index in [1.807, 2.05) is 18.9 Å². The molecule has 19 heavy (non-hydrogen) atoms. The molecule has 1 fully saturated rings. The average Bonchev–Trinajstić information content (AvgIpc) is 2.37. The minimum absolute atomic E-state index is 0.0718. The van der Waals surface area contributed by atoms with Crippen LogP contribution in [0.25, 0.3) is 0 Å².